The van der Waals surface area contributed by atoms with Crippen molar-refractivity contribution in [3.8, 4) is 0 Å². The van der Waals surface area contributed by atoms with Crippen molar-refractivity contribution >= 4 is 10.3 Å². The summed E-state index contributed by atoms with van der Waals surface area (Å²) in [6.45, 7) is 7.12. The topological polar surface area (TPSA) is 115 Å². The first-order valence-electron chi connectivity index (χ1n) is 11.5. The van der Waals surface area contributed by atoms with Gasteiger partial charge in [0.15, 0.2) is 10.3 Å². The van der Waals surface area contributed by atoms with Crippen molar-refractivity contribution in [1.82, 2.24) is 14.1 Å². The van der Waals surface area contributed by atoms with Gasteiger partial charge in [0.25, 0.3) is 0 Å². The molecule has 0 amide bonds. The zero-order chi connectivity index (χ0) is 23.5. The van der Waals surface area contributed by atoms with Gasteiger partial charge in [-0.3, -0.25) is 9.80 Å². The van der Waals surface area contributed by atoms with E-state index in [0.29, 0.717) is 45.9 Å². The van der Waals surface area contributed by atoms with Crippen LogP contribution in [0.2, 0.25) is 0 Å². The van der Waals surface area contributed by atoms with Crippen molar-refractivity contribution in [2.24, 2.45) is 0 Å². The normalized spacial score (nSPS) is 19.9. The van der Waals surface area contributed by atoms with E-state index in [-0.39, 0.29) is 25.8 Å². The average molecular weight is 487 g/mol. The zero-order valence-corrected chi connectivity index (χ0v) is 19.9. The molecular weight excluding hydrogens is 450 g/mol. The Morgan fingerprint density at radius 2 is 1.55 bits per heavy atom. The molecule has 1 unspecified atom stereocenters. The lowest BCUT2D eigenvalue weighted by Gasteiger charge is -2.35. The summed E-state index contributed by atoms with van der Waals surface area (Å²) in [6.07, 6.45) is -0.856. The Bertz CT molecular complexity index is 751. The van der Waals surface area contributed by atoms with Crippen molar-refractivity contribution in [2.45, 2.75) is 18.6 Å². The van der Waals surface area contributed by atoms with Crippen LogP contribution in [0.5, 0.6) is 0 Å². The Hall–Kier alpha value is -1.15. The van der Waals surface area contributed by atoms with E-state index in [4.69, 9.17) is 14.2 Å². The lowest BCUT2D eigenvalue weighted by Crippen LogP contribution is -2.49. The molecule has 1 N–H and O–H groups in total. The maximum absolute atomic E-state index is 11.7. The fraction of sp³-hybridized carbons (Fsp3) is 0.727. The molecule has 188 valence electrons. The Morgan fingerprint density at radius 3 is 2.06 bits per heavy atom. The minimum atomic E-state index is -4.69. The van der Waals surface area contributed by atoms with Gasteiger partial charge < -0.3 is 23.9 Å². The first kappa shape index (κ1) is 26.5. The smallest absolute Gasteiger partial charge is 0.162 e. The lowest BCUT2D eigenvalue weighted by atomic mass is 10.1. The highest BCUT2D eigenvalue weighted by Gasteiger charge is 2.24. The van der Waals surface area contributed by atoms with E-state index in [1.807, 2.05) is 30.3 Å². The molecule has 0 radical (unpaired) electrons. The molecule has 11 heteroatoms. The van der Waals surface area contributed by atoms with Gasteiger partial charge in [-0.1, -0.05) is 30.3 Å². The maximum atomic E-state index is 11.7. The third kappa shape index (κ3) is 9.93. The van der Waals surface area contributed by atoms with Gasteiger partial charge in [-0.2, -0.15) is 0 Å². The van der Waals surface area contributed by atoms with Crippen LogP contribution in [0.3, 0.4) is 0 Å². The highest BCUT2D eigenvalue weighted by molar-refractivity contribution is 7.83. The molecule has 2 aliphatic heterocycles. The monoisotopic (exact) mass is 486 g/mol. The third-order valence-electron chi connectivity index (χ3n) is 5.88. The van der Waals surface area contributed by atoms with Crippen LogP contribution in [-0.2, 0) is 30.9 Å². The lowest BCUT2D eigenvalue weighted by molar-refractivity contribution is -0.0620. The minimum absolute atomic E-state index is 0.0118. The summed E-state index contributed by atoms with van der Waals surface area (Å²) in [7, 11) is -4.69. The number of benzene rings is 1. The molecule has 0 spiro atoms. The fourth-order valence-corrected chi connectivity index (χ4v) is 4.70. The molecule has 0 aromatic heterocycles. The molecule has 1 aromatic rings. The highest BCUT2D eigenvalue weighted by Crippen LogP contribution is 2.09. The van der Waals surface area contributed by atoms with Gasteiger partial charge in [0, 0.05) is 52.4 Å². The predicted octanol–water partition coefficient (Wildman–Crippen LogP) is -0.598. The number of morpholine rings is 2. The van der Waals surface area contributed by atoms with Crippen molar-refractivity contribution in [3.05, 3.63) is 35.9 Å². The molecule has 0 saturated carbocycles. The fourth-order valence-electron chi connectivity index (χ4n) is 4.03. The molecule has 33 heavy (non-hydrogen) atoms. The van der Waals surface area contributed by atoms with Crippen LogP contribution < -0.4 is 0 Å². The number of aliphatic hydroxyl groups excluding tert-OH is 1. The molecular formula is C22H36N3O7S-. The molecule has 0 bridgehead atoms. The molecule has 0 aliphatic carbocycles. The van der Waals surface area contributed by atoms with Crippen LogP contribution in [-0.4, -0.2) is 130 Å². The summed E-state index contributed by atoms with van der Waals surface area (Å²) in [6, 6.07) is 9.33. The van der Waals surface area contributed by atoms with Gasteiger partial charge in [0.1, 0.15) is 0 Å². The summed E-state index contributed by atoms with van der Waals surface area (Å²) >= 11 is 0. The summed E-state index contributed by atoms with van der Waals surface area (Å²) in [5.41, 5.74) is 0.924. The quantitative estimate of drug-likeness (QED) is 0.365. The summed E-state index contributed by atoms with van der Waals surface area (Å²) < 4.78 is 52.9. The molecule has 1 aromatic carbocycles. The Balaban J connectivity index is 1.51. The van der Waals surface area contributed by atoms with E-state index in [1.165, 1.54) is 0 Å². The van der Waals surface area contributed by atoms with Crippen molar-refractivity contribution in [3.63, 3.8) is 0 Å². The van der Waals surface area contributed by atoms with Crippen molar-refractivity contribution in [1.29, 1.82) is 0 Å². The van der Waals surface area contributed by atoms with Gasteiger partial charge in [-0.25, -0.2) is 12.7 Å². The first-order chi connectivity index (χ1) is 15.9. The number of ether oxygens (including phenoxy) is 3. The second kappa shape index (κ2) is 13.7. The van der Waals surface area contributed by atoms with E-state index in [0.717, 1.165) is 36.0 Å². The van der Waals surface area contributed by atoms with Crippen LogP contribution in [0.4, 0.5) is 0 Å². The molecule has 2 saturated heterocycles. The molecule has 3 rings (SSSR count). The largest absolute Gasteiger partial charge is 0.735 e. The molecule has 2 fully saturated rings. The van der Waals surface area contributed by atoms with Crippen LogP contribution >= 0.6 is 0 Å². The first-order valence-corrected chi connectivity index (χ1v) is 12.9. The molecule has 10 nitrogen and oxygen atoms in total. The van der Waals surface area contributed by atoms with Crippen molar-refractivity contribution < 1.29 is 32.3 Å². The van der Waals surface area contributed by atoms with Crippen LogP contribution in [0.1, 0.15) is 5.56 Å². The van der Waals surface area contributed by atoms with E-state index in [1.54, 1.807) is 0 Å². The van der Waals surface area contributed by atoms with Gasteiger partial charge in [-0.15, -0.1) is 0 Å². The predicted molar refractivity (Wildman–Crippen MR) is 122 cm³/mol. The molecule has 2 heterocycles. The Kier molecular flexibility index (Phi) is 11.0. The van der Waals surface area contributed by atoms with Crippen LogP contribution in [0.25, 0.3) is 0 Å². The SMILES string of the molecule is O=S(=O)([O-])N(CCc1ccccc1)CC(O)COC(CN1CCOCC1)CN1CCOCC1. The second-order valence-corrected chi connectivity index (χ2v) is 9.86. The van der Waals surface area contributed by atoms with Gasteiger partial charge in [0.05, 0.1) is 45.2 Å². The highest BCUT2D eigenvalue weighted by atomic mass is 32.2. The average Bonchev–Trinajstić information content (AvgIpc) is 2.81. The minimum Gasteiger partial charge on any atom is -0.735 e. The second-order valence-electron chi connectivity index (χ2n) is 8.49. The molecule has 2 aliphatic rings. The van der Waals surface area contributed by atoms with E-state index in [2.05, 4.69) is 9.80 Å². The van der Waals surface area contributed by atoms with Gasteiger partial charge >= 0.3 is 0 Å². The Labute approximate surface area is 196 Å². The van der Waals surface area contributed by atoms with E-state index < -0.39 is 16.4 Å². The van der Waals surface area contributed by atoms with Gasteiger partial charge in [0.2, 0.25) is 0 Å². The number of hydrogen-bond donors (Lipinski definition) is 1. The third-order valence-corrected chi connectivity index (χ3v) is 6.84. The summed E-state index contributed by atoms with van der Waals surface area (Å²) in [4.78, 5) is 4.55. The number of hydrogen-bond acceptors (Lipinski definition) is 9. The standard InChI is InChI=1S/C22H37N3O7S/c26-21(16-25(33(27,28)29)7-6-20-4-2-1-3-5-20)19-32-22(17-23-8-12-30-13-9-23)18-24-10-14-31-15-11-24/h1-5,21-22,26H,6-19H2,(H,27,28,29)/p-1. The van der Waals surface area contributed by atoms with Crippen molar-refractivity contribution in [2.75, 3.05) is 85.4 Å². The van der Waals surface area contributed by atoms with E-state index >= 15 is 0 Å². The van der Waals surface area contributed by atoms with Crippen LogP contribution in [0.15, 0.2) is 30.3 Å². The molecule has 1 atom stereocenters. The van der Waals surface area contributed by atoms with E-state index in [9.17, 15) is 18.1 Å². The Morgan fingerprint density at radius 1 is 1.00 bits per heavy atom. The van der Waals surface area contributed by atoms with Gasteiger partial charge in [-0.05, 0) is 12.0 Å². The summed E-state index contributed by atoms with van der Waals surface area (Å²) in [5.74, 6) is 0. The number of nitrogens with zero attached hydrogens (tertiary/aromatic N) is 3. The number of aliphatic hydroxyl groups is 1. The zero-order valence-electron chi connectivity index (χ0n) is 19.1. The summed E-state index contributed by atoms with van der Waals surface area (Å²) in [5, 5.41) is 10.5. The maximum Gasteiger partial charge on any atom is 0.162 e. The number of rotatable bonds is 13. The van der Waals surface area contributed by atoms with Crippen LogP contribution in [0, 0.1) is 0 Å².